The number of amides is 2. The van der Waals surface area contributed by atoms with Crippen LogP contribution in [0.5, 0.6) is 0 Å². The van der Waals surface area contributed by atoms with Crippen molar-refractivity contribution in [3.8, 4) is 0 Å². The zero-order valence-corrected chi connectivity index (χ0v) is 17.5. The Morgan fingerprint density at radius 3 is 2.72 bits per heavy atom. The van der Waals surface area contributed by atoms with Crippen molar-refractivity contribution in [3.05, 3.63) is 59.2 Å². The number of hydrogen-bond acceptors (Lipinski definition) is 3. The van der Waals surface area contributed by atoms with E-state index < -0.39 is 0 Å². The van der Waals surface area contributed by atoms with Crippen molar-refractivity contribution in [3.63, 3.8) is 0 Å². The Hall–Kier alpha value is -2.44. The zero-order valence-electron chi connectivity index (χ0n) is 15.9. The molecule has 3 aromatic rings. The van der Waals surface area contributed by atoms with E-state index in [2.05, 4.69) is 10.3 Å². The maximum Gasteiger partial charge on any atom is 0.268 e. The molecule has 1 saturated heterocycles. The van der Waals surface area contributed by atoms with E-state index in [-0.39, 0.29) is 11.8 Å². The molecule has 4 rings (SSSR count). The van der Waals surface area contributed by atoms with Crippen molar-refractivity contribution < 1.29 is 9.59 Å². The van der Waals surface area contributed by atoms with Gasteiger partial charge in [-0.25, -0.2) is 0 Å². The predicted molar refractivity (Wildman–Crippen MR) is 117 cm³/mol. The summed E-state index contributed by atoms with van der Waals surface area (Å²) in [6.07, 6.45) is 2.33. The Bertz CT molecular complexity index is 1030. The van der Waals surface area contributed by atoms with Gasteiger partial charge in [0.1, 0.15) is 5.69 Å². The fraction of sp³-hybridized carbons (Fsp3) is 0.273. The van der Waals surface area contributed by atoms with Gasteiger partial charge < -0.3 is 15.2 Å². The molecule has 7 heteroatoms. The number of nitrogens with one attached hydrogen (secondary N) is 2. The Labute approximate surface area is 178 Å². The predicted octanol–water partition coefficient (Wildman–Crippen LogP) is 4.71. The van der Waals surface area contributed by atoms with E-state index in [1.807, 2.05) is 53.4 Å². The number of benzene rings is 2. The van der Waals surface area contributed by atoms with Crippen LogP contribution in [0, 0.1) is 0 Å². The first-order chi connectivity index (χ1) is 14.1. The summed E-state index contributed by atoms with van der Waals surface area (Å²) in [6, 6.07) is 15.5. The van der Waals surface area contributed by atoms with Gasteiger partial charge in [0.25, 0.3) is 5.91 Å². The number of rotatable bonds is 7. The first-order valence-electron chi connectivity index (χ1n) is 9.72. The van der Waals surface area contributed by atoms with E-state index in [1.54, 1.807) is 11.8 Å². The monoisotopic (exact) mass is 427 g/mol. The standard InChI is InChI=1S/C22H22ClN3O2S/c23-15-8-10-16(11-9-15)29-21-17-5-1-2-6-18(17)25-20(21)22(28)24-12-4-14-26-13-3-7-19(26)27/h1-2,5-6,8-11,25H,3-4,7,12-14H2,(H,24,28). The van der Waals surface area contributed by atoms with E-state index in [1.165, 1.54) is 0 Å². The van der Waals surface area contributed by atoms with Gasteiger partial charge in [0.05, 0.1) is 4.90 Å². The van der Waals surface area contributed by atoms with Gasteiger partial charge in [-0.2, -0.15) is 0 Å². The highest BCUT2D eigenvalue weighted by Gasteiger charge is 2.20. The average Bonchev–Trinajstić information content (AvgIpc) is 3.30. The van der Waals surface area contributed by atoms with Gasteiger partial charge in [-0.3, -0.25) is 9.59 Å². The van der Waals surface area contributed by atoms with E-state index >= 15 is 0 Å². The summed E-state index contributed by atoms with van der Waals surface area (Å²) in [5, 5.41) is 4.69. The second-order valence-electron chi connectivity index (χ2n) is 7.02. The highest BCUT2D eigenvalue weighted by atomic mass is 35.5. The maximum atomic E-state index is 12.9. The van der Waals surface area contributed by atoms with E-state index in [0.29, 0.717) is 30.2 Å². The molecule has 1 aliphatic heterocycles. The summed E-state index contributed by atoms with van der Waals surface area (Å²) in [4.78, 5) is 31.6. The van der Waals surface area contributed by atoms with Gasteiger partial charge >= 0.3 is 0 Å². The van der Waals surface area contributed by atoms with Crippen molar-refractivity contribution >= 4 is 46.1 Å². The summed E-state index contributed by atoms with van der Waals surface area (Å²) >= 11 is 7.54. The summed E-state index contributed by atoms with van der Waals surface area (Å²) in [7, 11) is 0. The Morgan fingerprint density at radius 1 is 1.17 bits per heavy atom. The molecule has 0 unspecified atom stereocenters. The van der Waals surface area contributed by atoms with Crippen LogP contribution in [0.1, 0.15) is 29.8 Å². The molecule has 0 aliphatic carbocycles. The molecular weight excluding hydrogens is 406 g/mol. The minimum absolute atomic E-state index is 0.134. The number of fused-ring (bicyclic) bond motifs is 1. The number of H-pyrrole nitrogens is 1. The number of carbonyl (C=O) groups is 2. The van der Waals surface area contributed by atoms with E-state index in [4.69, 9.17) is 11.6 Å². The van der Waals surface area contributed by atoms with Gasteiger partial charge in [-0.15, -0.1) is 0 Å². The minimum Gasteiger partial charge on any atom is -0.351 e. The van der Waals surface area contributed by atoms with Crippen LogP contribution in [0.2, 0.25) is 5.02 Å². The smallest absolute Gasteiger partial charge is 0.268 e. The third-order valence-electron chi connectivity index (χ3n) is 4.98. The molecule has 2 amide bonds. The second-order valence-corrected chi connectivity index (χ2v) is 8.54. The van der Waals surface area contributed by atoms with Crippen LogP contribution in [-0.4, -0.2) is 41.3 Å². The number of carbonyl (C=O) groups excluding carboxylic acids is 2. The summed E-state index contributed by atoms with van der Waals surface area (Å²) in [6.45, 7) is 2.05. The normalized spacial score (nSPS) is 14.0. The Balaban J connectivity index is 1.47. The molecule has 1 aliphatic rings. The Kier molecular flexibility index (Phi) is 6.11. The van der Waals surface area contributed by atoms with Crippen molar-refractivity contribution in [2.75, 3.05) is 19.6 Å². The lowest BCUT2D eigenvalue weighted by Crippen LogP contribution is -2.30. The molecule has 29 heavy (non-hydrogen) atoms. The highest BCUT2D eigenvalue weighted by molar-refractivity contribution is 7.99. The summed E-state index contributed by atoms with van der Waals surface area (Å²) in [5.41, 5.74) is 1.49. The van der Waals surface area contributed by atoms with Crippen LogP contribution in [0.3, 0.4) is 0 Å². The third kappa shape index (κ3) is 4.60. The molecule has 0 atom stereocenters. The van der Waals surface area contributed by atoms with E-state index in [9.17, 15) is 9.59 Å². The zero-order chi connectivity index (χ0) is 20.2. The first kappa shape index (κ1) is 19.9. The van der Waals surface area contributed by atoms with Crippen LogP contribution >= 0.6 is 23.4 Å². The molecule has 0 bridgehead atoms. The topological polar surface area (TPSA) is 65.2 Å². The van der Waals surface area contributed by atoms with Gasteiger partial charge in [0.2, 0.25) is 5.91 Å². The number of halogens is 1. The van der Waals surface area contributed by atoms with Crippen molar-refractivity contribution in [2.45, 2.75) is 29.1 Å². The maximum absolute atomic E-state index is 12.9. The lowest BCUT2D eigenvalue weighted by molar-refractivity contribution is -0.127. The molecule has 0 saturated carbocycles. The number of para-hydroxylation sites is 1. The molecule has 0 spiro atoms. The quantitative estimate of drug-likeness (QED) is 0.536. The van der Waals surface area contributed by atoms with Crippen LogP contribution in [0.15, 0.2) is 58.3 Å². The van der Waals surface area contributed by atoms with Crippen LogP contribution in [0.25, 0.3) is 10.9 Å². The molecule has 1 aromatic heterocycles. The second kappa shape index (κ2) is 8.93. The average molecular weight is 428 g/mol. The number of aromatic nitrogens is 1. The molecule has 2 N–H and O–H groups in total. The van der Waals surface area contributed by atoms with Gasteiger partial charge in [-0.05, 0) is 43.2 Å². The largest absolute Gasteiger partial charge is 0.351 e. The SMILES string of the molecule is O=C(NCCCN1CCCC1=O)c1[nH]c2ccccc2c1Sc1ccc(Cl)cc1. The number of nitrogens with zero attached hydrogens (tertiary/aromatic N) is 1. The fourth-order valence-electron chi connectivity index (χ4n) is 3.50. The van der Waals surface area contributed by atoms with Crippen molar-refractivity contribution in [2.24, 2.45) is 0 Å². The highest BCUT2D eigenvalue weighted by Crippen LogP contribution is 2.37. The van der Waals surface area contributed by atoms with Gasteiger partial charge in [0, 0.05) is 46.9 Å². The summed E-state index contributed by atoms with van der Waals surface area (Å²) in [5.74, 6) is 0.0824. The molecule has 0 radical (unpaired) electrons. The molecule has 1 fully saturated rings. The Morgan fingerprint density at radius 2 is 1.97 bits per heavy atom. The molecular formula is C22H22ClN3O2S. The van der Waals surface area contributed by atoms with Gasteiger partial charge in [0.15, 0.2) is 0 Å². The van der Waals surface area contributed by atoms with Crippen molar-refractivity contribution in [1.82, 2.24) is 15.2 Å². The first-order valence-corrected chi connectivity index (χ1v) is 10.9. The third-order valence-corrected chi connectivity index (χ3v) is 6.37. The number of hydrogen-bond donors (Lipinski definition) is 2. The minimum atomic E-state index is -0.134. The molecule has 150 valence electrons. The lowest BCUT2D eigenvalue weighted by atomic mass is 10.2. The van der Waals surface area contributed by atoms with Crippen molar-refractivity contribution in [1.29, 1.82) is 0 Å². The molecule has 5 nitrogen and oxygen atoms in total. The van der Waals surface area contributed by atoms with E-state index in [0.717, 1.165) is 40.1 Å². The molecule has 2 aromatic carbocycles. The van der Waals surface area contributed by atoms with Crippen LogP contribution in [0.4, 0.5) is 0 Å². The lowest BCUT2D eigenvalue weighted by Gasteiger charge is -2.15. The summed E-state index contributed by atoms with van der Waals surface area (Å²) < 4.78 is 0. The van der Waals surface area contributed by atoms with Gasteiger partial charge in [-0.1, -0.05) is 41.6 Å². The molecule has 2 heterocycles. The number of aromatic amines is 1. The number of likely N-dealkylation sites (tertiary alicyclic amines) is 1. The van der Waals surface area contributed by atoms with Crippen LogP contribution < -0.4 is 5.32 Å². The fourth-order valence-corrected chi connectivity index (χ4v) is 4.67. The van der Waals surface area contributed by atoms with Crippen LogP contribution in [-0.2, 0) is 4.79 Å².